The van der Waals surface area contributed by atoms with E-state index in [1.165, 1.54) is 6.07 Å². The van der Waals surface area contributed by atoms with Crippen molar-refractivity contribution in [1.82, 2.24) is 9.88 Å². The van der Waals surface area contributed by atoms with Gasteiger partial charge in [0.05, 0.1) is 6.61 Å². The van der Waals surface area contributed by atoms with E-state index in [4.69, 9.17) is 5.11 Å². The van der Waals surface area contributed by atoms with Gasteiger partial charge in [0.2, 0.25) is 0 Å². The van der Waals surface area contributed by atoms with Crippen LogP contribution in [0.4, 0.5) is 10.2 Å². The smallest absolute Gasteiger partial charge is 0.165 e. The Hall–Kier alpha value is -1.20. The van der Waals surface area contributed by atoms with Crippen molar-refractivity contribution in [3.05, 3.63) is 24.1 Å². The minimum Gasteiger partial charge on any atom is -0.395 e. The average molecular weight is 239 g/mol. The normalized spacial score (nSPS) is 18.1. The van der Waals surface area contributed by atoms with Crippen molar-refractivity contribution in [1.29, 1.82) is 0 Å². The van der Waals surface area contributed by atoms with E-state index in [9.17, 15) is 4.39 Å². The first-order chi connectivity index (χ1) is 8.31. The number of β-amino-alcohol motifs (C(OH)–C–C–N with tert-alkyl or cyclic N) is 1. The third-order valence-electron chi connectivity index (χ3n) is 3.04. The minimum absolute atomic E-state index is 0.179. The summed E-state index contributed by atoms with van der Waals surface area (Å²) in [7, 11) is 0. The van der Waals surface area contributed by atoms with E-state index in [1.54, 1.807) is 12.3 Å². The molecule has 0 unspecified atom stereocenters. The van der Waals surface area contributed by atoms with Gasteiger partial charge in [-0.1, -0.05) is 0 Å². The van der Waals surface area contributed by atoms with Crippen LogP contribution in [0.5, 0.6) is 0 Å². The average Bonchev–Trinajstić information content (AvgIpc) is 2.56. The second-order valence-electron chi connectivity index (χ2n) is 4.21. The van der Waals surface area contributed by atoms with E-state index >= 15 is 0 Å². The summed E-state index contributed by atoms with van der Waals surface area (Å²) in [4.78, 5) is 8.27. The van der Waals surface area contributed by atoms with Crippen LogP contribution in [0.25, 0.3) is 0 Å². The van der Waals surface area contributed by atoms with Gasteiger partial charge >= 0.3 is 0 Å². The summed E-state index contributed by atoms with van der Waals surface area (Å²) in [6, 6.07) is 3.05. The van der Waals surface area contributed by atoms with Gasteiger partial charge in [-0.05, 0) is 25.1 Å². The van der Waals surface area contributed by atoms with Crippen molar-refractivity contribution in [2.45, 2.75) is 6.42 Å². The summed E-state index contributed by atoms with van der Waals surface area (Å²) < 4.78 is 13.6. The van der Waals surface area contributed by atoms with Crippen molar-refractivity contribution in [3.63, 3.8) is 0 Å². The molecule has 1 aromatic rings. The quantitative estimate of drug-likeness (QED) is 0.844. The Labute approximate surface area is 101 Å². The zero-order chi connectivity index (χ0) is 12.1. The third-order valence-corrected chi connectivity index (χ3v) is 3.04. The lowest BCUT2D eigenvalue weighted by atomic mass is 10.3. The molecule has 1 aromatic heterocycles. The summed E-state index contributed by atoms with van der Waals surface area (Å²) in [5.41, 5.74) is 0. The van der Waals surface area contributed by atoms with Crippen LogP contribution < -0.4 is 4.90 Å². The molecule has 1 saturated heterocycles. The fourth-order valence-corrected chi connectivity index (χ4v) is 2.16. The van der Waals surface area contributed by atoms with Crippen molar-refractivity contribution < 1.29 is 9.50 Å². The highest BCUT2D eigenvalue weighted by Crippen LogP contribution is 2.17. The van der Waals surface area contributed by atoms with Crippen LogP contribution in [0, 0.1) is 5.82 Å². The molecule has 5 heteroatoms. The molecule has 0 amide bonds. The third kappa shape index (κ3) is 3.14. The Kier molecular flexibility index (Phi) is 4.28. The van der Waals surface area contributed by atoms with Crippen molar-refractivity contribution in [3.8, 4) is 0 Å². The molecule has 1 N–H and O–H groups in total. The number of pyridine rings is 1. The molecule has 94 valence electrons. The second kappa shape index (κ2) is 5.93. The number of aromatic nitrogens is 1. The van der Waals surface area contributed by atoms with Crippen molar-refractivity contribution in [2.24, 2.45) is 0 Å². The molecule has 0 aromatic carbocycles. The SMILES string of the molecule is OCCN1CCCN(c2ncccc2F)CC1. The number of aliphatic hydroxyl groups is 1. The van der Waals surface area contributed by atoms with E-state index in [0.29, 0.717) is 12.4 Å². The molecule has 2 rings (SSSR count). The molecule has 4 nitrogen and oxygen atoms in total. The predicted octanol–water partition coefficient (Wildman–Crippen LogP) is 0.725. The Morgan fingerprint density at radius 3 is 2.94 bits per heavy atom. The minimum atomic E-state index is -0.261. The Morgan fingerprint density at radius 2 is 2.18 bits per heavy atom. The molecule has 0 bridgehead atoms. The number of rotatable bonds is 3. The summed E-state index contributed by atoms with van der Waals surface area (Å²) in [5, 5.41) is 8.91. The topological polar surface area (TPSA) is 39.6 Å². The number of hydrogen-bond donors (Lipinski definition) is 1. The maximum atomic E-state index is 13.6. The summed E-state index contributed by atoms with van der Waals surface area (Å²) in [5.74, 6) is 0.182. The highest BCUT2D eigenvalue weighted by molar-refractivity contribution is 5.39. The van der Waals surface area contributed by atoms with Gasteiger partial charge in [-0.25, -0.2) is 9.37 Å². The molecule has 0 atom stereocenters. The molecular weight excluding hydrogens is 221 g/mol. The Balaban J connectivity index is 2.01. The first kappa shape index (κ1) is 12.3. The zero-order valence-electron chi connectivity index (χ0n) is 9.85. The van der Waals surface area contributed by atoms with E-state index in [0.717, 1.165) is 32.6 Å². The highest BCUT2D eigenvalue weighted by Gasteiger charge is 2.17. The number of aliphatic hydroxyl groups excluding tert-OH is 1. The number of anilines is 1. The molecule has 0 saturated carbocycles. The van der Waals surface area contributed by atoms with Crippen molar-refractivity contribution in [2.75, 3.05) is 44.2 Å². The number of halogens is 1. The lowest BCUT2D eigenvalue weighted by Gasteiger charge is -2.22. The standard InChI is InChI=1S/C12H18FN3O/c13-11-3-1-4-14-12(11)16-6-2-5-15(7-8-16)9-10-17/h1,3-4,17H,2,5-10H2. The van der Waals surface area contributed by atoms with Gasteiger partial charge in [0.25, 0.3) is 0 Å². The molecule has 0 aliphatic carbocycles. The maximum absolute atomic E-state index is 13.6. The Bertz CT molecular complexity index is 361. The van der Waals surface area contributed by atoms with Gasteiger partial charge in [-0.2, -0.15) is 0 Å². The molecule has 1 fully saturated rings. The van der Waals surface area contributed by atoms with E-state index in [-0.39, 0.29) is 12.4 Å². The molecule has 0 radical (unpaired) electrons. The molecule has 1 aliphatic heterocycles. The predicted molar refractivity (Wildman–Crippen MR) is 64.6 cm³/mol. The maximum Gasteiger partial charge on any atom is 0.165 e. The van der Waals surface area contributed by atoms with E-state index in [2.05, 4.69) is 9.88 Å². The highest BCUT2D eigenvalue weighted by atomic mass is 19.1. The van der Waals surface area contributed by atoms with Gasteiger partial charge in [0, 0.05) is 32.4 Å². The fourth-order valence-electron chi connectivity index (χ4n) is 2.16. The fraction of sp³-hybridized carbons (Fsp3) is 0.583. The van der Waals surface area contributed by atoms with Gasteiger partial charge in [0.1, 0.15) is 0 Å². The number of hydrogen-bond acceptors (Lipinski definition) is 4. The lowest BCUT2D eigenvalue weighted by molar-refractivity contribution is 0.204. The van der Waals surface area contributed by atoms with Crippen LogP contribution in [0.1, 0.15) is 6.42 Å². The largest absolute Gasteiger partial charge is 0.395 e. The van der Waals surface area contributed by atoms with Crippen LogP contribution in [0.3, 0.4) is 0 Å². The van der Waals surface area contributed by atoms with E-state index < -0.39 is 0 Å². The van der Waals surface area contributed by atoms with Crippen LogP contribution in [-0.2, 0) is 0 Å². The van der Waals surface area contributed by atoms with Gasteiger partial charge in [-0.3, -0.25) is 4.90 Å². The monoisotopic (exact) mass is 239 g/mol. The summed E-state index contributed by atoms with van der Waals surface area (Å²) in [6.07, 6.45) is 2.59. The van der Waals surface area contributed by atoms with Gasteiger partial charge < -0.3 is 10.0 Å². The molecule has 0 spiro atoms. The summed E-state index contributed by atoms with van der Waals surface area (Å²) >= 11 is 0. The van der Waals surface area contributed by atoms with Crippen LogP contribution in [0.15, 0.2) is 18.3 Å². The van der Waals surface area contributed by atoms with Crippen LogP contribution in [0.2, 0.25) is 0 Å². The molecule has 2 heterocycles. The Morgan fingerprint density at radius 1 is 1.29 bits per heavy atom. The first-order valence-electron chi connectivity index (χ1n) is 6.00. The lowest BCUT2D eigenvalue weighted by Crippen LogP contribution is -2.33. The van der Waals surface area contributed by atoms with Crippen molar-refractivity contribution >= 4 is 5.82 Å². The molecular formula is C12H18FN3O. The molecule has 1 aliphatic rings. The van der Waals surface area contributed by atoms with Gasteiger partial charge in [-0.15, -0.1) is 0 Å². The van der Waals surface area contributed by atoms with Crippen LogP contribution in [-0.4, -0.2) is 54.3 Å². The van der Waals surface area contributed by atoms with E-state index in [1.807, 2.05) is 4.90 Å². The zero-order valence-corrected chi connectivity index (χ0v) is 9.85. The van der Waals surface area contributed by atoms with Gasteiger partial charge in [0.15, 0.2) is 11.6 Å². The molecule has 17 heavy (non-hydrogen) atoms. The second-order valence-corrected chi connectivity index (χ2v) is 4.21. The first-order valence-corrected chi connectivity index (χ1v) is 6.00. The number of nitrogens with zero attached hydrogens (tertiary/aromatic N) is 3. The summed E-state index contributed by atoms with van der Waals surface area (Å²) in [6.45, 7) is 4.24. The van der Waals surface area contributed by atoms with Crippen LogP contribution >= 0.6 is 0 Å².